The molecule has 2 rings (SSSR count). The van der Waals surface area contributed by atoms with Crippen LogP contribution in [0.15, 0.2) is 18.3 Å². The standard InChI is InChI=1S/C16H18F3N3O4/c1-9(23)7-22-8-10-5-12(20-14(24)26-15(2,3)4)13(6-11(10)21-22)25-16(17,18)19/h5-6,8H,7H2,1-4H3,(H,20,24). The Kier molecular flexibility index (Phi) is 5.15. The average Bonchev–Trinajstić information content (AvgIpc) is 2.74. The second kappa shape index (κ2) is 6.85. The highest BCUT2D eigenvalue weighted by Crippen LogP contribution is 2.34. The SMILES string of the molecule is CC(=O)Cn1cc2cc(NC(=O)OC(C)(C)C)c(OC(F)(F)F)cc2n1. The van der Waals surface area contributed by atoms with Gasteiger partial charge < -0.3 is 9.47 Å². The van der Waals surface area contributed by atoms with E-state index in [1.165, 1.54) is 23.9 Å². The van der Waals surface area contributed by atoms with E-state index >= 15 is 0 Å². The fourth-order valence-electron chi connectivity index (χ4n) is 2.13. The first-order valence-corrected chi connectivity index (χ1v) is 7.59. The fraction of sp³-hybridized carbons (Fsp3) is 0.438. The van der Waals surface area contributed by atoms with E-state index in [0.717, 1.165) is 6.07 Å². The summed E-state index contributed by atoms with van der Waals surface area (Å²) < 4.78 is 48.3. The number of fused-ring (bicyclic) bond motifs is 1. The van der Waals surface area contributed by atoms with Crippen LogP contribution < -0.4 is 10.1 Å². The first-order valence-electron chi connectivity index (χ1n) is 7.59. The molecular weight excluding hydrogens is 355 g/mol. The van der Waals surface area contributed by atoms with Crippen molar-refractivity contribution in [3.05, 3.63) is 18.3 Å². The Morgan fingerprint density at radius 2 is 1.88 bits per heavy atom. The van der Waals surface area contributed by atoms with Crippen molar-refractivity contribution < 1.29 is 32.2 Å². The quantitative estimate of drug-likeness (QED) is 0.880. The molecule has 142 valence electrons. The van der Waals surface area contributed by atoms with Crippen molar-refractivity contribution in [2.45, 2.75) is 46.2 Å². The van der Waals surface area contributed by atoms with E-state index in [0.29, 0.717) is 5.39 Å². The lowest BCUT2D eigenvalue weighted by Gasteiger charge is -2.20. The number of halogens is 3. The van der Waals surface area contributed by atoms with Crippen molar-refractivity contribution in [1.29, 1.82) is 0 Å². The summed E-state index contributed by atoms with van der Waals surface area (Å²) in [5.41, 5.74) is -0.877. The molecule has 0 unspecified atom stereocenters. The first kappa shape index (κ1) is 19.5. The second-order valence-corrected chi connectivity index (χ2v) is 6.61. The van der Waals surface area contributed by atoms with Crippen molar-refractivity contribution in [2.24, 2.45) is 0 Å². The van der Waals surface area contributed by atoms with E-state index in [-0.39, 0.29) is 23.5 Å². The minimum atomic E-state index is -4.96. The summed E-state index contributed by atoms with van der Waals surface area (Å²) in [4.78, 5) is 23.1. The third-order valence-corrected chi connectivity index (χ3v) is 2.90. The van der Waals surface area contributed by atoms with E-state index in [9.17, 15) is 22.8 Å². The maximum Gasteiger partial charge on any atom is 0.573 e. The number of nitrogens with one attached hydrogen (secondary N) is 1. The Bertz CT molecular complexity index is 838. The van der Waals surface area contributed by atoms with Gasteiger partial charge in [0.2, 0.25) is 0 Å². The molecule has 0 saturated heterocycles. The third kappa shape index (κ3) is 5.64. The second-order valence-electron chi connectivity index (χ2n) is 6.61. The zero-order chi connectivity index (χ0) is 19.7. The largest absolute Gasteiger partial charge is 0.573 e. The maximum atomic E-state index is 12.7. The number of carbonyl (C=O) groups is 2. The van der Waals surface area contributed by atoms with Gasteiger partial charge in [0.1, 0.15) is 5.60 Å². The summed E-state index contributed by atoms with van der Waals surface area (Å²) in [7, 11) is 0. The predicted octanol–water partition coefficient (Wildman–Crippen LogP) is 3.87. The smallest absolute Gasteiger partial charge is 0.444 e. The number of hydrogen-bond acceptors (Lipinski definition) is 5. The molecule has 0 fully saturated rings. The number of rotatable bonds is 4. The number of nitrogens with zero attached hydrogens (tertiary/aromatic N) is 2. The van der Waals surface area contributed by atoms with E-state index in [2.05, 4.69) is 15.2 Å². The molecule has 10 heteroatoms. The van der Waals surface area contributed by atoms with Gasteiger partial charge in [0.25, 0.3) is 0 Å². The van der Waals surface area contributed by atoms with Gasteiger partial charge in [-0.05, 0) is 33.8 Å². The van der Waals surface area contributed by atoms with Gasteiger partial charge in [-0.3, -0.25) is 14.8 Å². The highest BCUT2D eigenvalue weighted by molar-refractivity contribution is 5.93. The van der Waals surface area contributed by atoms with Crippen molar-refractivity contribution in [1.82, 2.24) is 9.78 Å². The molecule has 1 aromatic carbocycles. The molecule has 0 spiro atoms. The highest BCUT2D eigenvalue weighted by atomic mass is 19.4. The molecule has 1 amide bonds. The van der Waals surface area contributed by atoms with E-state index in [4.69, 9.17) is 4.74 Å². The molecule has 1 aromatic heterocycles. The Labute approximate surface area is 147 Å². The van der Waals surface area contributed by atoms with Gasteiger partial charge >= 0.3 is 12.5 Å². The Morgan fingerprint density at radius 3 is 2.42 bits per heavy atom. The molecule has 2 aromatic rings. The van der Waals surface area contributed by atoms with Crippen LogP contribution in [0.25, 0.3) is 10.9 Å². The molecule has 0 saturated carbocycles. The van der Waals surface area contributed by atoms with Crippen LogP contribution in [0.2, 0.25) is 0 Å². The maximum absolute atomic E-state index is 12.7. The molecule has 0 bridgehead atoms. The Morgan fingerprint density at radius 1 is 1.23 bits per heavy atom. The topological polar surface area (TPSA) is 82.5 Å². The molecule has 0 aliphatic carbocycles. The number of hydrogen-bond donors (Lipinski definition) is 1. The van der Waals surface area contributed by atoms with Gasteiger partial charge in [-0.1, -0.05) is 0 Å². The summed E-state index contributed by atoms with van der Waals surface area (Å²) in [6, 6.07) is 2.30. The number of ether oxygens (including phenoxy) is 2. The molecular formula is C16H18F3N3O4. The lowest BCUT2D eigenvalue weighted by molar-refractivity contribution is -0.274. The molecule has 7 nitrogen and oxygen atoms in total. The van der Waals surface area contributed by atoms with Crippen molar-refractivity contribution >= 4 is 28.5 Å². The average molecular weight is 373 g/mol. The van der Waals surface area contributed by atoms with Gasteiger partial charge in [0.05, 0.1) is 17.7 Å². The lowest BCUT2D eigenvalue weighted by atomic mass is 10.2. The number of alkyl halides is 3. The fourth-order valence-corrected chi connectivity index (χ4v) is 2.13. The van der Waals surface area contributed by atoms with Gasteiger partial charge in [-0.25, -0.2) is 4.79 Å². The Balaban J connectivity index is 2.41. The minimum absolute atomic E-state index is 0.0288. The minimum Gasteiger partial charge on any atom is -0.444 e. The van der Waals surface area contributed by atoms with Crippen molar-refractivity contribution in [2.75, 3.05) is 5.32 Å². The summed E-state index contributed by atoms with van der Waals surface area (Å²) >= 11 is 0. The van der Waals surface area contributed by atoms with Gasteiger partial charge in [-0.2, -0.15) is 5.10 Å². The number of anilines is 1. The van der Waals surface area contributed by atoms with Crippen LogP contribution in [0.5, 0.6) is 5.75 Å². The number of Topliss-reactive ketones (excluding diaryl/α,β-unsaturated/α-hetero) is 1. The summed E-state index contributed by atoms with van der Waals surface area (Å²) in [6.45, 7) is 6.19. The molecule has 0 atom stereocenters. The van der Waals surface area contributed by atoms with Crippen LogP contribution in [0.4, 0.5) is 23.7 Å². The Hall–Kier alpha value is -2.78. The van der Waals surface area contributed by atoms with Crippen LogP contribution in [-0.4, -0.2) is 33.6 Å². The monoisotopic (exact) mass is 373 g/mol. The molecule has 26 heavy (non-hydrogen) atoms. The zero-order valence-corrected chi connectivity index (χ0v) is 14.6. The van der Waals surface area contributed by atoms with Crippen LogP contribution in [0, 0.1) is 0 Å². The third-order valence-electron chi connectivity index (χ3n) is 2.90. The number of amides is 1. The van der Waals surface area contributed by atoms with Crippen molar-refractivity contribution in [3.8, 4) is 5.75 Å². The zero-order valence-electron chi connectivity index (χ0n) is 14.6. The van der Waals surface area contributed by atoms with E-state index in [1.54, 1.807) is 20.8 Å². The summed E-state index contributed by atoms with van der Waals surface area (Å²) in [6.07, 6.45) is -4.41. The molecule has 1 heterocycles. The molecule has 0 radical (unpaired) electrons. The van der Waals surface area contributed by atoms with Crippen LogP contribution in [0.1, 0.15) is 27.7 Å². The van der Waals surface area contributed by atoms with Gasteiger partial charge in [0.15, 0.2) is 11.5 Å². The van der Waals surface area contributed by atoms with Crippen LogP contribution in [0.3, 0.4) is 0 Å². The predicted molar refractivity (Wildman–Crippen MR) is 87.0 cm³/mol. The molecule has 1 N–H and O–H groups in total. The number of aromatic nitrogens is 2. The van der Waals surface area contributed by atoms with Gasteiger partial charge in [-0.15, -0.1) is 13.2 Å². The van der Waals surface area contributed by atoms with E-state index < -0.39 is 23.8 Å². The van der Waals surface area contributed by atoms with Crippen LogP contribution >= 0.6 is 0 Å². The first-order chi connectivity index (χ1) is 11.8. The summed E-state index contributed by atoms with van der Waals surface area (Å²) in [5, 5.41) is 6.69. The normalized spacial score (nSPS) is 12.1. The van der Waals surface area contributed by atoms with Gasteiger partial charge in [0, 0.05) is 17.6 Å². The van der Waals surface area contributed by atoms with Crippen LogP contribution in [-0.2, 0) is 16.1 Å². The molecule has 0 aliphatic heterocycles. The summed E-state index contributed by atoms with van der Waals surface area (Å²) in [5.74, 6) is -0.805. The molecule has 0 aliphatic rings. The number of benzene rings is 1. The number of ketones is 1. The van der Waals surface area contributed by atoms with Crippen molar-refractivity contribution in [3.63, 3.8) is 0 Å². The lowest BCUT2D eigenvalue weighted by Crippen LogP contribution is -2.27. The van der Waals surface area contributed by atoms with E-state index in [1.807, 2.05) is 0 Å². The number of carbonyl (C=O) groups excluding carboxylic acids is 2. The highest BCUT2D eigenvalue weighted by Gasteiger charge is 2.33.